The first-order chi connectivity index (χ1) is 5.52. The largest absolute Gasteiger partial charge is 0.130 e. The Hall–Kier alpha value is 0.760. The molecule has 1 heterocycles. The van der Waals surface area contributed by atoms with Crippen molar-refractivity contribution in [1.82, 2.24) is 0 Å². The van der Waals surface area contributed by atoms with Gasteiger partial charge >= 0.3 is 0 Å². The standard InChI is InChI=1S/C8H9BrCl2S/c1-4(2)7(11)6-3-5(10)8(9)12-6/h3-4,7H,1-2H3. The van der Waals surface area contributed by atoms with Gasteiger partial charge in [-0.3, -0.25) is 0 Å². The molecule has 0 nitrogen and oxygen atoms in total. The minimum atomic E-state index is 0.0683. The van der Waals surface area contributed by atoms with E-state index >= 15 is 0 Å². The molecule has 0 bridgehead atoms. The summed E-state index contributed by atoms with van der Waals surface area (Å²) in [5.41, 5.74) is 0. The van der Waals surface area contributed by atoms with Gasteiger partial charge in [0.15, 0.2) is 0 Å². The second-order valence-electron chi connectivity index (χ2n) is 2.92. The van der Waals surface area contributed by atoms with Crippen molar-refractivity contribution >= 4 is 50.5 Å². The summed E-state index contributed by atoms with van der Waals surface area (Å²) in [5.74, 6) is 0.438. The smallest absolute Gasteiger partial charge is 0.0887 e. The fraction of sp³-hybridized carbons (Fsp3) is 0.500. The maximum absolute atomic E-state index is 6.16. The van der Waals surface area contributed by atoms with Crippen LogP contribution in [0.1, 0.15) is 24.1 Å². The highest BCUT2D eigenvalue weighted by Crippen LogP contribution is 2.40. The quantitative estimate of drug-likeness (QED) is 0.664. The van der Waals surface area contributed by atoms with E-state index in [0.717, 1.165) is 13.7 Å². The lowest BCUT2D eigenvalue weighted by Crippen LogP contribution is -1.95. The van der Waals surface area contributed by atoms with Crippen molar-refractivity contribution in [2.75, 3.05) is 0 Å². The lowest BCUT2D eigenvalue weighted by Gasteiger charge is -2.09. The lowest BCUT2D eigenvalue weighted by molar-refractivity contribution is 0.631. The molecule has 4 heteroatoms. The Bertz CT molecular complexity index is 251. The summed E-state index contributed by atoms with van der Waals surface area (Å²) in [4.78, 5) is 1.13. The summed E-state index contributed by atoms with van der Waals surface area (Å²) < 4.78 is 0.963. The summed E-state index contributed by atoms with van der Waals surface area (Å²) in [5, 5.41) is 0.820. The SMILES string of the molecule is CC(C)C(Cl)c1cc(Cl)c(Br)s1. The highest BCUT2D eigenvalue weighted by molar-refractivity contribution is 9.11. The van der Waals surface area contributed by atoms with E-state index in [-0.39, 0.29) is 5.38 Å². The molecule has 1 atom stereocenters. The van der Waals surface area contributed by atoms with Crippen LogP contribution in [0.3, 0.4) is 0 Å². The molecule has 0 aliphatic rings. The molecule has 0 spiro atoms. The molecule has 0 N–H and O–H groups in total. The van der Waals surface area contributed by atoms with Crippen LogP contribution < -0.4 is 0 Å². The highest BCUT2D eigenvalue weighted by atomic mass is 79.9. The summed E-state index contributed by atoms with van der Waals surface area (Å²) in [7, 11) is 0. The Morgan fingerprint density at radius 3 is 2.42 bits per heavy atom. The van der Waals surface area contributed by atoms with E-state index in [1.807, 2.05) is 6.07 Å². The Morgan fingerprint density at radius 2 is 2.08 bits per heavy atom. The van der Waals surface area contributed by atoms with E-state index in [1.54, 1.807) is 11.3 Å². The monoisotopic (exact) mass is 286 g/mol. The number of rotatable bonds is 2. The molecule has 1 rings (SSSR count). The van der Waals surface area contributed by atoms with Gasteiger partial charge < -0.3 is 0 Å². The van der Waals surface area contributed by atoms with Gasteiger partial charge in [-0.05, 0) is 27.9 Å². The van der Waals surface area contributed by atoms with E-state index in [9.17, 15) is 0 Å². The Kier molecular flexibility index (Phi) is 3.90. The van der Waals surface area contributed by atoms with Gasteiger partial charge in [-0.2, -0.15) is 0 Å². The first-order valence-electron chi connectivity index (χ1n) is 3.61. The highest BCUT2D eigenvalue weighted by Gasteiger charge is 2.16. The van der Waals surface area contributed by atoms with Crippen LogP contribution in [0.15, 0.2) is 9.85 Å². The normalized spacial score (nSPS) is 13.8. The zero-order valence-corrected chi connectivity index (χ0v) is 10.7. The van der Waals surface area contributed by atoms with Crippen LogP contribution in [0.5, 0.6) is 0 Å². The second kappa shape index (κ2) is 4.32. The van der Waals surface area contributed by atoms with E-state index in [0.29, 0.717) is 5.92 Å². The van der Waals surface area contributed by atoms with Crippen LogP contribution in [-0.2, 0) is 0 Å². The summed E-state index contributed by atoms with van der Waals surface area (Å²) in [6, 6.07) is 1.92. The van der Waals surface area contributed by atoms with Gasteiger partial charge in [0.2, 0.25) is 0 Å². The predicted octanol–water partition coefficient (Wildman–Crippen LogP) is 5.10. The Balaban J connectivity index is 2.89. The number of alkyl halides is 1. The molecule has 0 saturated carbocycles. The molecule has 12 heavy (non-hydrogen) atoms. The fourth-order valence-corrected chi connectivity index (χ4v) is 2.92. The van der Waals surface area contributed by atoms with Crippen molar-refractivity contribution in [2.24, 2.45) is 5.92 Å². The molecule has 1 aromatic rings. The first kappa shape index (κ1) is 10.8. The van der Waals surface area contributed by atoms with Crippen LogP contribution in [-0.4, -0.2) is 0 Å². The first-order valence-corrected chi connectivity index (χ1v) is 6.03. The van der Waals surface area contributed by atoms with Gasteiger partial charge in [-0.1, -0.05) is 25.4 Å². The molecule has 0 fully saturated rings. The molecular formula is C8H9BrCl2S. The third-order valence-electron chi connectivity index (χ3n) is 1.52. The molecule has 0 aliphatic heterocycles. The van der Waals surface area contributed by atoms with E-state index in [2.05, 4.69) is 29.8 Å². The predicted molar refractivity (Wildman–Crippen MR) is 60.5 cm³/mol. The number of halogens is 3. The molecular weight excluding hydrogens is 279 g/mol. The van der Waals surface area contributed by atoms with Gasteiger partial charge in [0, 0.05) is 4.88 Å². The summed E-state index contributed by atoms with van der Waals surface area (Å²) in [6.07, 6.45) is 0. The third-order valence-corrected chi connectivity index (χ3v) is 4.95. The minimum Gasteiger partial charge on any atom is -0.130 e. The Labute approximate surface area is 95.0 Å². The summed E-state index contributed by atoms with van der Waals surface area (Å²) >= 11 is 17.0. The molecule has 0 radical (unpaired) electrons. The zero-order chi connectivity index (χ0) is 9.30. The van der Waals surface area contributed by atoms with Crippen LogP contribution in [0.4, 0.5) is 0 Å². The van der Waals surface area contributed by atoms with Crippen LogP contribution in [0, 0.1) is 5.92 Å². The zero-order valence-electron chi connectivity index (χ0n) is 6.77. The number of thiophene rings is 1. The van der Waals surface area contributed by atoms with Gasteiger partial charge in [0.25, 0.3) is 0 Å². The molecule has 0 aliphatic carbocycles. The molecule has 68 valence electrons. The van der Waals surface area contributed by atoms with Gasteiger partial charge in [0.1, 0.15) is 0 Å². The van der Waals surface area contributed by atoms with Crippen molar-refractivity contribution in [3.63, 3.8) is 0 Å². The van der Waals surface area contributed by atoms with E-state index in [4.69, 9.17) is 23.2 Å². The Morgan fingerprint density at radius 1 is 1.50 bits per heavy atom. The maximum Gasteiger partial charge on any atom is 0.0887 e. The molecule has 0 saturated heterocycles. The van der Waals surface area contributed by atoms with Gasteiger partial charge in [0.05, 0.1) is 14.2 Å². The van der Waals surface area contributed by atoms with E-state index < -0.39 is 0 Å². The molecule has 0 amide bonds. The average Bonchev–Trinajstić information content (AvgIpc) is 2.30. The van der Waals surface area contributed by atoms with Crippen molar-refractivity contribution in [3.8, 4) is 0 Å². The second-order valence-corrected chi connectivity index (χ2v) is 6.20. The van der Waals surface area contributed by atoms with Gasteiger partial charge in [-0.15, -0.1) is 22.9 Å². The van der Waals surface area contributed by atoms with Crippen molar-refractivity contribution in [3.05, 3.63) is 19.8 Å². The van der Waals surface area contributed by atoms with Crippen LogP contribution in [0.25, 0.3) is 0 Å². The van der Waals surface area contributed by atoms with Crippen molar-refractivity contribution < 1.29 is 0 Å². The number of hydrogen-bond acceptors (Lipinski definition) is 1. The molecule has 1 unspecified atom stereocenters. The van der Waals surface area contributed by atoms with Gasteiger partial charge in [-0.25, -0.2) is 0 Å². The van der Waals surface area contributed by atoms with Crippen molar-refractivity contribution in [1.29, 1.82) is 0 Å². The van der Waals surface area contributed by atoms with Crippen LogP contribution >= 0.6 is 50.5 Å². The fourth-order valence-electron chi connectivity index (χ4n) is 0.828. The van der Waals surface area contributed by atoms with E-state index in [1.165, 1.54) is 0 Å². The minimum absolute atomic E-state index is 0.0683. The van der Waals surface area contributed by atoms with Crippen LogP contribution in [0.2, 0.25) is 5.02 Å². The lowest BCUT2D eigenvalue weighted by atomic mass is 10.1. The summed E-state index contributed by atoms with van der Waals surface area (Å²) in [6.45, 7) is 4.19. The number of hydrogen-bond donors (Lipinski definition) is 0. The molecule has 1 aromatic heterocycles. The topological polar surface area (TPSA) is 0 Å². The van der Waals surface area contributed by atoms with Crippen molar-refractivity contribution in [2.45, 2.75) is 19.2 Å². The molecule has 0 aromatic carbocycles. The maximum atomic E-state index is 6.16. The average molecular weight is 288 g/mol. The third kappa shape index (κ3) is 2.38.